The van der Waals surface area contributed by atoms with Crippen LogP contribution in [0.5, 0.6) is 0 Å². The SMILES string of the molecule is NCC1(CNCCC2CCCO2)CCCC1. The zero-order valence-corrected chi connectivity index (χ0v) is 10.3. The van der Waals surface area contributed by atoms with Gasteiger partial charge in [-0.3, -0.25) is 0 Å². The molecule has 1 aliphatic carbocycles. The van der Waals surface area contributed by atoms with Gasteiger partial charge in [0.2, 0.25) is 0 Å². The molecule has 3 N–H and O–H groups in total. The van der Waals surface area contributed by atoms with Gasteiger partial charge >= 0.3 is 0 Å². The third-order valence-electron chi connectivity index (χ3n) is 4.26. The lowest BCUT2D eigenvalue weighted by Crippen LogP contribution is -2.39. The fourth-order valence-corrected chi connectivity index (χ4v) is 3.07. The van der Waals surface area contributed by atoms with Gasteiger partial charge in [-0.05, 0) is 50.6 Å². The Hall–Kier alpha value is -0.120. The van der Waals surface area contributed by atoms with Crippen LogP contribution in [-0.2, 0) is 4.74 Å². The molecule has 1 unspecified atom stereocenters. The molecular weight excluding hydrogens is 200 g/mol. The molecule has 94 valence electrons. The van der Waals surface area contributed by atoms with Crippen molar-refractivity contribution in [3.63, 3.8) is 0 Å². The van der Waals surface area contributed by atoms with Gasteiger partial charge in [0.15, 0.2) is 0 Å². The van der Waals surface area contributed by atoms with E-state index in [1.807, 2.05) is 0 Å². The number of hydrogen-bond donors (Lipinski definition) is 2. The van der Waals surface area contributed by atoms with E-state index >= 15 is 0 Å². The van der Waals surface area contributed by atoms with E-state index < -0.39 is 0 Å². The Labute approximate surface area is 99.1 Å². The summed E-state index contributed by atoms with van der Waals surface area (Å²) in [5, 5.41) is 3.59. The minimum absolute atomic E-state index is 0.413. The second-order valence-electron chi connectivity index (χ2n) is 5.51. The normalized spacial score (nSPS) is 28.7. The molecule has 3 nitrogen and oxygen atoms in total. The Morgan fingerprint density at radius 2 is 2.06 bits per heavy atom. The summed E-state index contributed by atoms with van der Waals surface area (Å²) in [6.45, 7) is 4.01. The van der Waals surface area contributed by atoms with Gasteiger partial charge in [-0.25, -0.2) is 0 Å². The molecule has 16 heavy (non-hydrogen) atoms. The number of nitrogens with one attached hydrogen (secondary N) is 1. The molecule has 1 aliphatic heterocycles. The minimum atomic E-state index is 0.413. The predicted molar refractivity (Wildman–Crippen MR) is 66.4 cm³/mol. The second kappa shape index (κ2) is 5.99. The zero-order chi connectivity index (χ0) is 11.3. The maximum absolute atomic E-state index is 5.91. The average Bonchev–Trinajstić information content (AvgIpc) is 2.97. The third kappa shape index (κ3) is 3.19. The quantitative estimate of drug-likeness (QED) is 0.677. The maximum atomic E-state index is 5.91. The van der Waals surface area contributed by atoms with E-state index in [2.05, 4.69) is 5.32 Å². The minimum Gasteiger partial charge on any atom is -0.378 e. The van der Waals surface area contributed by atoms with E-state index in [0.717, 1.165) is 26.2 Å². The number of hydrogen-bond acceptors (Lipinski definition) is 3. The van der Waals surface area contributed by atoms with Crippen LogP contribution in [0.15, 0.2) is 0 Å². The molecule has 3 heteroatoms. The van der Waals surface area contributed by atoms with Crippen LogP contribution in [0, 0.1) is 5.41 Å². The van der Waals surface area contributed by atoms with Crippen molar-refractivity contribution in [2.75, 3.05) is 26.2 Å². The lowest BCUT2D eigenvalue weighted by molar-refractivity contribution is 0.103. The van der Waals surface area contributed by atoms with Crippen molar-refractivity contribution in [1.29, 1.82) is 0 Å². The number of ether oxygens (including phenoxy) is 1. The zero-order valence-electron chi connectivity index (χ0n) is 10.3. The second-order valence-corrected chi connectivity index (χ2v) is 5.51. The Balaban J connectivity index is 1.59. The van der Waals surface area contributed by atoms with Crippen LogP contribution >= 0.6 is 0 Å². The Morgan fingerprint density at radius 3 is 2.69 bits per heavy atom. The largest absolute Gasteiger partial charge is 0.378 e. The molecule has 1 atom stereocenters. The Bertz CT molecular complexity index is 196. The third-order valence-corrected chi connectivity index (χ3v) is 4.26. The van der Waals surface area contributed by atoms with Crippen molar-refractivity contribution in [2.24, 2.45) is 11.1 Å². The van der Waals surface area contributed by atoms with Gasteiger partial charge in [-0.2, -0.15) is 0 Å². The molecule has 0 aromatic heterocycles. The fraction of sp³-hybridized carbons (Fsp3) is 1.00. The first kappa shape index (κ1) is 12.3. The first-order valence-corrected chi connectivity index (χ1v) is 6.87. The van der Waals surface area contributed by atoms with E-state index in [4.69, 9.17) is 10.5 Å². The van der Waals surface area contributed by atoms with Gasteiger partial charge in [-0.15, -0.1) is 0 Å². The van der Waals surface area contributed by atoms with E-state index in [-0.39, 0.29) is 0 Å². The van der Waals surface area contributed by atoms with Gasteiger partial charge in [0.25, 0.3) is 0 Å². The van der Waals surface area contributed by atoms with Gasteiger partial charge in [0.1, 0.15) is 0 Å². The van der Waals surface area contributed by atoms with Crippen LogP contribution in [0.3, 0.4) is 0 Å². The van der Waals surface area contributed by atoms with Crippen LogP contribution in [0.25, 0.3) is 0 Å². The smallest absolute Gasteiger partial charge is 0.0588 e. The molecule has 1 saturated carbocycles. The highest BCUT2D eigenvalue weighted by atomic mass is 16.5. The van der Waals surface area contributed by atoms with E-state index in [1.54, 1.807) is 0 Å². The van der Waals surface area contributed by atoms with Crippen LogP contribution in [0.4, 0.5) is 0 Å². The summed E-state index contributed by atoms with van der Waals surface area (Å²) < 4.78 is 5.61. The maximum Gasteiger partial charge on any atom is 0.0588 e. The van der Waals surface area contributed by atoms with Crippen LogP contribution < -0.4 is 11.1 Å². The standard InChI is InChI=1S/C13H26N2O/c14-10-13(6-1-2-7-13)11-15-8-5-12-4-3-9-16-12/h12,15H,1-11,14H2. The summed E-state index contributed by atoms with van der Waals surface area (Å²) in [7, 11) is 0. The Kier molecular flexibility index (Phi) is 4.62. The molecular formula is C13H26N2O. The van der Waals surface area contributed by atoms with Gasteiger partial charge < -0.3 is 15.8 Å². The first-order chi connectivity index (χ1) is 7.85. The molecule has 2 aliphatic rings. The molecule has 0 bridgehead atoms. The molecule has 1 saturated heterocycles. The van der Waals surface area contributed by atoms with Crippen LogP contribution in [-0.4, -0.2) is 32.3 Å². The highest BCUT2D eigenvalue weighted by molar-refractivity contribution is 4.87. The number of nitrogens with two attached hydrogens (primary N) is 1. The van der Waals surface area contributed by atoms with Crippen LogP contribution in [0.2, 0.25) is 0 Å². The summed E-state index contributed by atoms with van der Waals surface area (Å²) >= 11 is 0. The highest BCUT2D eigenvalue weighted by Crippen LogP contribution is 2.36. The topological polar surface area (TPSA) is 47.3 Å². The summed E-state index contributed by atoms with van der Waals surface area (Å²) in [5.41, 5.74) is 6.32. The van der Waals surface area contributed by atoms with E-state index in [9.17, 15) is 0 Å². The van der Waals surface area contributed by atoms with Crippen molar-refractivity contribution in [3.8, 4) is 0 Å². The molecule has 1 heterocycles. The Morgan fingerprint density at radius 1 is 1.25 bits per heavy atom. The monoisotopic (exact) mass is 226 g/mol. The molecule has 2 fully saturated rings. The highest BCUT2D eigenvalue weighted by Gasteiger charge is 2.31. The molecule has 0 aromatic carbocycles. The molecule has 2 rings (SSSR count). The lowest BCUT2D eigenvalue weighted by atomic mass is 9.86. The van der Waals surface area contributed by atoms with E-state index in [0.29, 0.717) is 11.5 Å². The number of rotatable bonds is 6. The van der Waals surface area contributed by atoms with Crippen molar-refractivity contribution in [2.45, 2.75) is 51.0 Å². The predicted octanol–water partition coefficient (Wildman–Crippen LogP) is 1.66. The van der Waals surface area contributed by atoms with Crippen LogP contribution in [0.1, 0.15) is 44.9 Å². The first-order valence-electron chi connectivity index (χ1n) is 6.87. The fourth-order valence-electron chi connectivity index (χ4n) is 3.07. The van der Waals surface area contributed by atoms with Crippen molar-refractivity contribution in [3.05, 3.63) is 0 Å². The van der Waals surface area contributed by atoms with Gasteiger partial charge in [0.05, 0.1) is 6.10 Å². The molecule has 0 spiro atoms. The van der Waals surface area contributed by atoms with Crippen molar-refractivity contribution >= 4 is 0 Å². The summed E-state index contributed by atoms with van der Waals surface area (Å²) in [6.07, 6.45) is 9.55. The lowest BCUT2D eigenvalue weighted by Gasteiger charge is -2.27. The summed E-state index contributed by atoms with van der Waals surface area (Å²) in [6, 6.07) is 0. The summed E-state index contributed by atoms with van der Waals surface area (Å²) in [5.74, 6) is 0. The molecule has 0 amide bonds. The van der Waals surface area contributed by atoms with E-state index in [1.165, 1.54) is 44.9 Å². The van der Waals surface area contributed by atoms with Gasteiger partial charge in [0, 0.05) is 13.2 Å². The molecule has 0 radical (unpaired) electrons. The summed E-state index contributed by atoms with van der Waals surface area (Å²) in [4.78, 5) is 0. The average molecular weight is 226 g/mol. The van der Waals surface area contributed by atoms with Gasteiger partial charge in [-0.1, -0.05) is 12.8 Å². The molecule has 0 aromatic rings. The van der Waals surface area contributed by atoms with Crippen molar-refractivity contribution in [1.82, 2.24) is 5.32 Å². The van der Waals surface area contributed by atoms with Crippen molar-refractivity contribution < 1.29 is 4.74 Å².